The summed E-state index contributed by atoms with van der Waals surface area (Å²) in [6, 6.07) is -0.787. The Kier molecular flexibility index (Phi) is 5.49. The third-order valence-corrected chi connectivity index (χ3v) is 1.92. The van der Waals surface area contributed by atoms with Crippen LogP contribution >= 0.6 is 11.8 Å². The topological polar surface area (TPSA) is 63.3 Å². The number of hydrogen-bond acceptors (Lipinski definition) is 3. The normalized spacial score (nSPS) is 13.2. The molecule has 0 saturated carbocycles. The fourth-order valence-corrected chi connectivity index (χ4v) is 1.18. The molecule has 0 spiro atoms. The molecule has 0 aliphatic carbocycles. The molecule has 1 atom stereocenters. The van der Waals surface area contributed by atoms with E-state index < -0.39 is 12.0 Å². The van der Waals surface area contributed by atoms with E-state index in [-0.39, 0.29) is 0 Å². The molecule has 0 unspecified atom stereocenters. The van der Waals surface area contributed by atoms with Crippen LogP contribution in [-0.4, -0.2) is 22.9 Å². The Morgan fingerprint density at radius 2 is 2.42 bits per heavy atom. The van der Waals surface area contributed by atoms with Gasteiger partial charge < -0.3 is 10.8 Å². The molecule has 3 N–H and O–H groups in total. The van der Waals surface area contributed by atoms with Crippen molar-refractivity contribution in [3.05, 3.63) is 23.6 Å². The van der Waals surface area contributed by atoms with E-state index in [4.69, 9.17) is 10.8 Å². The third-order valence-electron chi connectivity index (χ3n) is 1.04. The summed E-state index contributed by atoms with van der Waals surface area (Å²) < 4.78 is 0. The second-order valence-corrected chi connectivity index (χ2v) is 3.37. The first kappa shape index (κ1) is 11.3. The molecule has 0 aromatic carbocycles. The number of hydrogen-bond donors (Lipinski definition) is 2. The van der Waals surface area contributed by atoms with E-state index in [1.165, 1.54) is 11.8 Å². The fourth-order valence-electron chi connectivity index (χ4n) is 0.395. The molecule has 0 fully saturated rings. The minimum atomic E-state index is -0.966. The molecule has 0 bridgehead atoms. The van der Waals surface area contributed by atoms with Gasteiger partial charge in [0.1, 0.15) is 6.04 Å². The van der Waals surface area contributed by atoms with Crippen LogP contribution in [0.4, 0.5) is 0 Å². The van der Waals surface area contributed by atoms with Crippen molar-refractivity contribution in [1.29, 1.82) is 0 Å². The zero-order chi connectivity index (χ0) is 9.56. The van der Waals surface area contributed by atoms with Crippen LogP contribution in [0, 0.1) is 0 Å². The van der Waals surface area contributed by atoms with Crippen LogP contribution in [-0.2, 0) is 4.79 Å². The summed E-state index contributed by atoms with van der Waals surface area (Å²) in [5, 5.41) is 10.2. The highest BCUT2D eigenvalue weighted by Crippen LogP contribution is 2.05. The van der Waals surface area contributed by atoms with Gasteiger partial charge in [-0.05, 0) is 12.3 Å². The largest absolute Gasteiger partial charge is 0.480 e. The van der Waals surface area contributed by atoms with Crippen molar-refractivity contribution >= 4 is 17.7 Å². The van der Waals surface area contributed by atoms with Crippen LogP contribution in [0.3, 0.4) is 0 Å². The van der Waals surface area contributed by atoms with Gasteiger partial charge in [0.2, 0.25) is 0 Å². The summed E-state index contributed by atoms with van der Waals surface area (Å²) in [4.78, 5) is 10.2. The highest BCUT2D eigenvalue weighted by atomic mass is 32.2. The Bertz CT molecular complexity index is 201. The summed E-state index contributed by atoms with van der Waals surface area (Å²) in [5.41, 5.74) is 6.19. The molecule has 0 aliphatic heterocycles. The van der Waals surface area contributed by atoms with E-state index in [0.29, 0.717) is 5.75 Å². The van der Waals surface area contributed by atoms with Gasteiger partial charge >= 0.3 is 5.97 Å². The number of carboxylic acid groups (broad SMARTS) is 1. The molecule has 0 aromatic heterocycles. The van der Waals surface area contributed by atoms with Gasteiger partial charge in [-0.2, -0.15) is 0 Å². The summed E-state index contributed by atoms with van der Waals surface area (Å²) in [6.07, 6.45) is 1.82. The quantitative estimate of drug-likeness (QED) is 0.635. The van der Waals surface area contributed by atoms with Gasteiger partial charge in [-0.1, -0.05) is 18.2 Å². The molecule has 4 heteroatoms. The van der Waals surface area contributed by atoms with Crippen molar-refractivity contribution in [1.82, 2.24) is 0 Å². The molecule has 12 heavy (non-hydrogen) atoms. The Labute approximate surface area is 76.3 Å². The number of carbonyl (C=O) groups is 1. The van der Waals surface area contributed by atoms with Crippen LogP contribution in [0.2, 0.25) is 0 Å². The minimum absolute atomic E-state index is 0.388. The zero-order valence-corrected chi connectivity index (χ0v) is 7.80. The SMILES string of the molecule is C=C(C)C=CSC[C@H](N)C(=O)O. The first-order valence-corrected chi connectivity index (χ1v) is 4.51. The lowest BCUT2D eigenvalue weighted by Gasteiger charge is -2.01. The lowest BCUT2D eigenvalue weighted by Crippen LogP contribution is -2.32. The summed E-state index contributed by atoms with van der Waals surface area (Å²) in [5.74, 6) is -0.578. The number of allylic oxidation sites excluding steroid dienone is 2. The first-order valence-electron chi connectivity index (χ1n) is 3.46. The maximum atomic E-state index is 10.2. The van der Waals surface area contributed by atoms with E-state index in [9.17, 15) is 4.79 Å². The number of nitrogens with two attached hydrogens (primary N) is 1. The number of aliphatic carboxylic acids is 1. The fraction of sp³-hybridized carbons (Fsp3) is 0.375. The predicted octanol–water partition coefficient (Wildman–Crippen LogP) is 1.22. The van der Waals surface area contributed by atoms with Crippen LogP contribution < -0.4 is 5.73 Å². The molecule has 0 amide bonds. The van der Waals surface area contributed by atoms with Crippen molar-refractivity contribution in [3.63, 3.8) is 0 Å². The Hall–Kier alpha value is -0.740. The molecule has 3 nitrogen and oxygen atoms in total. The highest BCUT2D eigenvalue weighted by molar-refractivity contribution is 8.02. The van der Waals surface area contributed by atoms with Gasteiger partial charge in [-0.25, -0.2) is 0 Å². The van der Waals surface area contributed by atoms with E-state index in [0.717, 1.165) is 5.57 Å². The third kappa shape index (κ3) is 6.00. The average molecular weight is 187 g/mol. The van der Waals surface area contributed by atoms with Gasteiger partial charge in [-0.3, -0.25) is 4.79 Å². The minimum Gasteiger partial charge on any atom is -0.480 e. The van der Waals surface area contributed by atoms with Gasteiger partial charge in [0.05, 0.1) is 0 Å². The van der Waals surface area contributed by atoms with Crippen LogP contribution in [0.25, 0.3) is 0 Å². The molecular weight excluding hydrogens is 174 g/mol. The maximum Gasteiger partial charge on any atom is 0.321 e. The highest BCUT2D eigenvalue weighted by Gasteiger charge is 2.09. The number of rotatable bonds is 5. The molecule has 0 radical (unpaired) electrons. The van der Waals surface area contributed by atoms with Crippen molar-refractivity contribution in [2.75, 3.05) is 5.75 Å². The maximum absolute atomic E-state index is 10.2. The zero-order valence-electron chi connectivity index (χ0n) is 6.99. The lowest BCUT2D eigenvalue weighted by atomic mass is 10.4. The molecule has 68 valence electrons. The van der Waals surface area contributed by atoms with E-state index in [1.54, 1.807) is 5.41 Å². The van der Waals surface area contributed by atoms with Gasteiger partial charge in [0.25, 0.3) is 0 Å². The Morgan fingerprint density at radius 3 is 2.83 bits per heavy atom. The van der Waals surface area contributed by atoms with Crippen molar-refractivity contribution < 1.29 is 9.90 Å². The molecule has 0 aromatic rings. The molecule has 0 saturated heterocycles. The van der Waals surface area contributed by atoms with E-state index in [1.807, 2.05) is 13.0 Å². The average Bonchev–Trinajstić information content (AvgIpc) is 1.97. The van der Waals surface area contributed by atoms with Gasteiger partial charge in [0.15, 0.2) is 0 Å². The summed E-state index contributed by atoms with van der Waals surface area (Å²) in [6.45, 7) is 5.53. The Balaban J connectivity index is 3.56. The summed E-state index contributed by atoms with van der Waals surface area (Å²) in [7, 11) is 0. The summed E-state index contributed by atoms with van der Waals surface area (Å²) >= 11 is 1.37. The predicted molar refractivity (Wildman–Crippen MR) is 52.0 cm³/mol. The molecule has 0 rings (SSSR count). The monoisotopic (exact) mass is 187 g/mol. The van der Waals surface area contributed by atoms with E-state index in [2.05, 4.69) is 6.58 Å². The number of carboxylic acids is 1. The van der Waals surface area contributed by atoms with Crippen molar-refractivity contribution in [2.45, 2.75) is 13.0 Å². The van der Waals surface area contributed by atoms with Crippen molar-refractivity contribution in [3.8, 4) is 0 Å². The first-order chi connectivity index (χ1) is 5.54. The second-order valence-electron chi connectivity index (χ2n) is 2.43. The van der Waals surface area contributed by atoms with E-state index >= 15 is 0 Å². The molecule has 0 aliphatic rings. The molecule has 0 heterocycles. The second kappa shape index (κ2) is 5.85. The Morgan fingerprint density at radius 1 is 1.83 bits per heavy atom. The van der Waals surface area contributed by atoms with Crippen molar-refractivity contribution in [2.24, 2.45) is 5.73 Å². The van der Waals surface area contributed by atoms with Crippen LogP contribution in [0.1, 0.15) is 6.92 Å². The van der Waals surface area contributed by atoms with Gasteiger partial charge in [-0.15, -0.1) is 11.8 Å². The standard InChI is InChI=1S/C8H13NO2S/c1-6(2)3-4-12-5-7(9)8(10)11/h3-4,7H,1,5,9H2,2H3,(H,10,11)/t7-/m0/s1. The van der Waals surface area contributed by atoms with Crippen LogP contribution in [0.15, 0.2) is 23.6 Å². The lowest BCUT2D eigenvalue weighted by molar-refractivity contribution is -0.137. The number of thioether (sulfide) groups is 1. The molecular formula is C8H13NO2S. The van der Waals surface area contributed by atoms with Crippen LogP contribution in [0.5, 0.6) is 0 Å². The van der Waals surface area contributed by atoms with Gasteiger partial charge in [0, 0.05) is 5.75 Å². The smallest absolute Gasteiger partial charge is 0.321 e.